The lowest BCUT2D eigenvalue weighted by molar-refractivity contribution is 0.110. The number of unbranched alkanes of at least 4 members (excludes halogenated alkanes) is 2. The van der Waals surface area contributed by atoms with E-state index in [-0.39, 0.29) is 0 Å². The monoisotopic (exact) mass is 256 g/mol. The van der Waals surface area contributed by atoms with Crippen LogP contribution in [0.4, 0.5) is 0 Å². The summed E-state index contributed by atoms with van der Waals surface area (Å²) < 4.78 is 5.72. The summed E-state index contributed by atoms with van der Waals surface area (Å²) >= 11 is 0. The van der Waals surface area contributed by atoms with Crippen LogP contribution >= 0.6 is 0 Å². The number of rotatable bonds is 10. The van der Waals surface area contributed by atoms with Crippen molar-refractivity contribution >= 4 is 0 Å². The predicted molar refractivity (Wildman–Crippen MR) is 78.1 cm³/mol. The van der Waals surface area contributed by atoms with Gasteiger partial charge >= 0.3 is 0 Å². The van der Waals surface area contributed by atoms with Crippen molar-refractivity contribution in [1.29, 1.82) is 0 Å². The first kappa shape index (κ1) is 15.9. The molecule has 0 aromatic carbocycles. The van der Waals surface area contributed by atoms with Gasteiger partial charge in [0.25, 0.3) is 0 Å². The van der Waals surface area contributed by atoms with Gasteiger partial charge in [-0.2, -0.15) is 0 Å². The van der Waals surface area contributed by atoms with Crippen LogP contribution in [0, 0.1) is 0 Å². The third kappa shape index (κ3) is 7.34. The summed E-state index contributed by atoms with van der Waals surface area (Å²) in [5.41, 5.74) is 0. The Bertz CT molecular complexity index is 197. The highest BCUT2D eigenvalue weighted by Crippen LogP contribution is 2.17. The van der Waals surface area contributed by atoms with Crippen LogP contribution < -0.4 is 5.32 Å². The second kappa shape index (κ2) is 9.76. The van der Waals surface area contributed by atoms with Crippen molar-refractivity contribution in [3.8, 4) is 0 Å². The number of nitrogens with one attached hydrogen (secondary N) is 1. The minimum absolute atomic E-state index is 0.615. The average molecular weight is 256 g/mol. The molecule has 3 heteroatoms. The summed E-state index contributed by atoms with van der Waals surface area (Å²) in [5, 5.41) is 3.44. The van der Waals surface area contributed by atoms with E-state index in [1.807, 2.05) is 0 Å². The smallest absolute Gasteiger partial charge is 0.0480 e. The summed E-state index contributed by atoms with van der Waals surface area (Å²) in [6.45, 7) is 8.70. The summed E-state index contributed by atoms with van der Waals surface area (Å²) in [7, 11) is 2.24. The average Bonchev–Trinajstić information content (AvgIpc) is 2.72. The van der Waals surface area contributed by atoms with Gasteiger partial charge in [0.2, 0.25) is 0 Å². The van der Waals surface area contributed by atoms with E-state index in [0.717, 1.165) is 25.8 Å². The fourth-order valence-electron chi connectivity index (χ4n) is 2.56. The summed E-state index contributed by atoms with van der Waals surface area (Å²) in [4.78, 5) is 2.47. The van der Waals surface area contributed by atoms with Crippen LogP contribution in [0.2, 0.25) is 0 Å². The van der Waals surface area contributed by atoms with Crippen molar-refractivity contribution in [3.63, 3.8) is 0 Å². The lowest BCUT2D eigenvalue weighted by atomic mass is 10.1. The van der Waals surface area contributed by atoms with Crippen LogP contribution in [0.25, 0.3) is 0 Å². The van der Waals surface area contributed by atoms with Crippen LogP contribution in [0.1, 0.15) is 52.4 Å². The topological polar surface area (TPSA) is 24.5 Å². The number of likely N-dealkylation sites (tertiary alicyclic amines) is 1. The molecule has 0 aromatic heterocycles. The van der Waals surface area contributed by atoms with Crippen molar-refractivity contribution in [2.45, 2.75) is 64.5 Å². The molecule has 1 aliphatic rings. The maximum atomic E-state index is 5.72. The molecule has 1 aliphatic heterocycles. The van der Waals surface area contributed by atoms with Crippen LogP contribution in [-0.4, -0.2) is 50.3 Å². The molecule has 1 rings (SSSR count). The van der Waals surface area contributed by atoms with Gasteiger partial charge in [0.15, 0.2) is 0 Å². The molecule has 108 valence electrons. The van der Waals surface area contributed by atoms with Crippen LogP contribution in [0.3, 0.4) is 0 Å². The van der Waals surface area contributed by atoms with Crippen molar-refractivity contribution < 1.29 is 4.74 Å². The third-order valence-electron chi connectivity index (χ3n) is 3.78. The molecule has 1 unspecified atom stereocenters. The Labute approximate surface area is 113 Å². The van der Waals surface area contributed by atoms with Gasteiger partial charge in [-0.25, -0.2) is 0 Å². The Kier molecular flexibility index (Phi) is 8.64. The van der Waals surface area contributed by atoms with E-state index in [2.05, 4.69) is 31.1 Å². The van der Waals surface area contributed by atoms with Crippen LogP contribution in [0.15, 0.2) is 0 Å². The van der Waals surface area contributed by atoms with Crippen molar-refractivity contribution in [2.24, 2.45) is 0 Å². The van der Waals surface area contributed by atoms with E-state index < -0.39 is 0 Å². The molecule has 0 aliphatic carbocycles. The standard InChI is InChI=1S/C15H32N2O/c1-14(2)16-10-5-4-6-12-18-13-9-15-8-7-11-17(15)3/h14-16H,4-13H2,1-3H3. The summed E-state index contributed by atoms with van der Waals surface area (Å²) in [6, 6.07) is 1.39. The van der Waals surface area contributed by atoms with Crippen LogP contribution in [0.5, 0.6) is 0 Å². The number of ether oxygens (including phenoxy) is 1. The molecule has 1 N–H and O–H groups in total. The third-order valence-corrected chi connectivity index (χ3v) is 3.78. The quantitative estimate of drug-likeness (QED) is 0.608. The molecular weight excluding hydrogens is 224 g/mol. The van der Waals surface area contributed by atoms with Crippen molar-refractivity contribution in [1.82, 2.24) is 10.2 Å². The second-order valence-corrected chi connectivity index (χ2v) is 5.85. The van der Waals surface area contributed by atoms with E-state index in [0.29, 0.717) is 6.04 Å². The zero-order valence-corrected chi connectivity index (χ0v) is 12.6. The lowest BCUT2D eigenvalue weighted by Gasteiger charge is -2.18. The first-order chi connectivity index (χ1) is 8.70. The SMILES string of the molecule is CC(C)NCCCCCOCCC1CCCN1C. The zero-order valence-electron chi connectivity index (χ0n) is 12.6. The van der Waals surface area contributed by atoms with E-state index in [9.17, 15) is 0 Å². The highest BCUT2D eigenvalue weighted by atomic mass is 16.5. The van der Waals surface area contributed by atoms with Gasteiger partial charge in [-0.15, -0.1) is 0 Å². The first-order valence-electron chi connectivity index (χ1n) is 7.71. The molecule has 0 bridgehead atoms. The van der Waals surface area contributed by atoms with E-state index >= 15 is 0 Å². The molecule has 0 aromatic rings. The number of hydrogen-bond donors (Lipinski definition) is 1. The van der Waals surface area contributed by atoms with Gasteiger partial charge in [0, 0.05) is 25.3 Å². The minimum Gasteiger partial charge on any atom is -0.381 e. The minimum atomic E-state index is 0.615. The molecule has 1 heterocycles. The molecule has 0 radical (unpaired) electrons. The van der Waals surface area contributed by atoms with Gasteiger partial charge in [0.05, 0.1) is 0 Å². The van der Waals surface area contributed by atoms with E-state index in [4.69, 9.17) is 4.74 Å². The molecule has 1 saturated heterocycles. The fraction of sp³-hybridized carbons (Fsp3) is 1.00. The maximum Gasteiger partial charge on any atom is 0.0480 e. The van der Waals surface area contributed by atoms with Gasteiger partial charge in [-0.3, -0.25) is 0 Å². The zero-order chi connectivity index (χ0) is 13.2. The predicted octanol–water partition coefficient (Wildman–Crippen LogP) is 2.66. The Balaban J connectivity index is 1.78. The number of nitrogens with zero attached hydrogens (tertiary/aromatic N) is 1. The maximum absolute atomic E-state index is 5.72. The molecule has 0 amide bonds. The summed E-state index contributed by atoms with van der Waals surface area (Å²) in [6.07, 6.45) is 7.70. The van der Waals surface area contributed by atoms with Crippen molar-refractivity contribution in [2.75, 3.05) is 33.4 Å². The Morgan fingerprint density at radius 2 is 2.06 bits per heavy atom. The Morgan fingerprint density at radius 1 is 1.22 bits per heavy atom. The molecule has 18 heavy (non-hydrogen) atoms. The van der Waals surface area contributed by atoms with Gasteiger partial charge in [-0.05, 0) is 58.7 Å². The molecule has 0 spiro atoms. The molecule has 0 saturated carbocycles. The van der Waals surface area contributed by atoms with Crippen LogP contribution in [-0.2, 0) is 4.74 Å². The number of hydrogen-bond acceptors (Lipinski definition) is 3. The van der Waals surface area contributed by atoms with Gasteiger partial charge in [0.1, 0.15) is 0 Å². The molecule has 1 fully saturated rings. The highest BCUT2D eigenvalue weighted by molar-refractivity contribution is 4.75. The van der Waals surface area contributed by atoms with E-state index in [1.165, 1.54) is 45.1 Å². The molecule has 3 nitrogen and oxygen atoms in total. The van der Waals surface area contributed by atoms with E-state index in [1.54, 1.807) is 0 Å². The Hall–Kier alpha value is -0.120. The van der Waals surface area contributed by atoms with Crippen molar-refractivity contribution in [3.05, 3.63) is 0 Å². The lowest BCUT2D eigenvalue weighted by Crippen LogP contribution is -2.26. The normalized spacial score (nSPS) is 21.0. The van der Waals surface area contributed by atoms with Gasteiger partial charge in [-0.1, -0.05) is 13.8 Å². The molecule has 1 atom stereocenters. The van der Waals surface area contributed by atoms with Gasteiger partial charge < -0.3 is 15.0 Å². The fourth-order valence-corrected chi connectivity index (χ4v) is 2.56. The summed E-state index contributed by atoms with van der Waals surface area (Å²) in [5.74, 6) is 0. The first-order valence-corrected chi connectivity index (χ1v) is 7.71. The highest BCUT2D eigenvalue weighted by Gasteiger charge is 2.19. The Morgan fingerprint density at radius 3 is 2.72 bits per heavy atom. The largest absolute Gasteiger partial charge is 0.381 e. The second-order valence-electron chi connectivity index (χ2n) is 5.85. The molecular formula is C15H32N2O.